The van der Waals surface area contributed by atoms with E-state index in [0.29, 0.717) is 0 Å². The number of rotatable bonds is 6. The number of esters is 1. The van der Waals surface area contributed by atoms with Gasteiger partial charge in [-0.05, 0) is 27.2 Å². The first kappa shape index (κ1) is 16.1. The molecule has 0 spiro atoms. The highest BCUT2D eigenvalue weighted by Gasteiger charge is 2.26. The lowest BCUT2D eigenvalue weighted by molar-refractivity contribution is -0.157. The van der Waals surface area contributed by atoms with Crippen molar-refractivity contribution in [3.05, 3.63) is 0 Å². The fourth-order valence-electron chi connectivity index (χ4n) is 1.75. The lowest BCUT2D eigenvalue weighted by Gasteiger charge is -2.22. The number of hydrogen-bond donors (Lipinski definition) is 0. The predicted molar refractivity (Wildman–Crippen MR) is 68.7 cm³/mol. The SMILES string of the molecule is CCCC(CC(=O)OC(C)(C)C)C(=O)C(C)C. The summed E-state index contributed by atoms with van der Waals surface area (Å²) in [6.45, 7) is 11.3. The number of carbonyl (C=O) groups excluding carboxylic acids is 2. The fraction of sp³-hybridized carbons (Fsp3) is 0.857. The zero-order valence-electron chi connectivity index (χ0n) is 12.0. The summed E-state index contributed by atoms with van der Waals surface area (Å²) in [6, 6.07) is 0. The Labute approximate surface area is 105 Å². The zero-order chi connectivity index (χ0) is 13.6. The summed E-state index contributed by atoms with van der Waals surface area (Å²) in [5.74, 6) is -0.313. The lowest BCUT2D eigenvalue weighted by Crippen LogP contribution is -2.28. The number of Topliss-reactive ketones (excluding diaryl/α,β-unsaturated/α-hetero) is 1. The van der Waals surface area contributed by atoms with E-state index in [0.717, 1.165) is 12.8 Å². The topological polar surface area (TPSA) is 43.4 Å². The van der Waals surface area contributed by atoms with Crippen molar-refractivity contribution in [2.45, 2.75) is 66.4 Å². The van der Waals surface area contributed by atoms with Gasteiger partial charge in [-0.2, -0.15) is 0 Å². The van der Waals surface area contributed by atoms with Crippen molar-refractivity contribution in [3.8, 4) is 0 Å². The minimum absolute atomic E-state index is 0.0195. The average Bonchev–Trinajstić information content (AvgIpc) is 2.12. The maximum absolute atomic E-state index is 11.9. The van der Waals surface area contributed by atoms with Gasteiger partial charge < -0.3 is 4.74 Å². The Morgan fingerprint density at radius 1 is 1.18 bits per heavy atom. The van der Waals surface area contributed by atoms with Crippen LogP contribution in [0.2, 0.25) is 0 Å². The van der Waals surface area contributed by atoms with E-state index in [2.05, 4.69) is 0 Å². The second kappa shape index (κ2) is 6.77. The first-order valence-corrected chi connectivity index (χ1v) is 6.43. The minimum atomic E-state index is -0.477. The van der Waals surface area contributed by atoms with Crippen molar-refractivity contribution in [1.29, 1.82) is 0 Å². The third-order valence-electron chi connectivity index (χ3n) is 2.44. The monoisotopic (exact) mass is 242 g/mol. The Bertz CT molecular complexity index is 261. The van der Waals surface area contributed by atoms with Crippen LogP contribution in [0.5, 0.6) is 0 Å². The fourth-order valence-corrected chi connectivity index (χ4v) is 1.75. The van der Waals surface area contributed by atoms with E-state index >= 15 is 0 Å². The van der Waals surface area contributed by atoms with Crippen LogP contribution in [-0.2, 0) is 14.3 Å². The molecule has 3 heteroatoms. The molecule has 0 heterocycles. The molecule has 0 saturated heterocycles. The zero-order valence-corrected chi connectivity index (χ0v) is 12.0. The lowest BCUT2D eigenvalue weighted by atomic mass is 9.89. The summed E-state index contributed by atoms with van der Waals surface area (Å²) in [6.07, 6.45) is 1.88. The molecule has 0 aliphatic rings. The van der Waals surface area contributed by atoms with Gasteiger partial charge in [0.2, 0.25) is 0 Å². The quantitative estimate of drug-likeness (QED) is 0.671. The van der Waals surface area contributed by atoms with Gasteiger partial charge in [-0.1, -0.05) is 27.2 Å². The molecule has 0 bridgehead atoms. The molecule has 17 heavy (non-hydrogen) atoms. The van der Waals surface area contributed by atoms with Crippen LogP contribution in [0.15, 0.2) is 0 Å². The molecular formula is C14H26O3. The van der Waals surface area contributed by atoms with Crippen molar-refractivity contribution in [2.75, 3.05) is 0 Å². The van der Waals surface area contributed by atoms with Gasteiger partial charge in [0.1, 0.15) is 11.4 Å². The first-order chi connectivity index (χ1) is 7.67. The van der Waals surface area contributed by atoms with Gasteiger partial charge >= 0.3 is 5.97 Å². The van der Waals surface area contributed by atoms with Crippen LogP contribution < -0.4 is 0 Å². The molecule has 0 saturated carbocycles. The molecule has 0 aromatic carbocycles. The summed E-state index contributed by atoms with van der Waals surface area (Å²) in [5, 5.41) is 0. The average molecular weight is 242 g/mol. The van der Waals surface area contributed by atoms with Gasteiger partial charge in [-0.3, -0.25) is 9.59 Å². The number of ether oxygens (including phenoxy) is 1. The van der Waals surface area contributed by atoms with Gasteiger partial charge in [0.15, 0.2) is 0 Å². The molecule has 0 aromatic rings. The Kier molecular flexibility index (Phi) is 6.43. The third-order valence-corrected chi connectivity index (χ3v) is 2.44. The largest absolute Gasteiger partial charge is 0.460 e. The van der Waals surface area contributed by atoms with Crippen molar-refractivity contribution < 1.29 is 14.3 Å². The second-order valence-electron chi connectivity index (χ2n) is 5.83. The van der Waals surface area contributed by atoms with Gasteiger partial charge in [0, 0.05) is 11.8 Å². The Morgan fingerprint density at radius 2 is 1.71 bits per heavy atom. The summed E-state index contributed by atoms with van der Waals surface area (Å²) in [7, 11) is 0. The summed E-state index contributed by atoms with van der Waals surface area (Å²) in [4.78, 5) is 23.6. The van der Waals surface area contributed by atoms with Gasteiger partial charge in [-0.15, -0.1) is 0 Å². The molecule has 0 N–H and O–H groups in total. The van der Waals surface area contributed by atoms with Crippen molar-refractivity contribution >= 4 is 11.8 Å². The normalized spacial score (nSPS) is 13.6. The Morgan fingerprint density at radius 3 is 2.06 bits per heavy atom. The Hall–Kier alpha value is -0.860. The van der Waals surface area contributed by atoms with E-state index in [1.807, 2.05) is 41.5 Å². The van der Waals surface area contributed by atoms with E-state index in [1.165, 1.54) is 0 Å². The highest BCUT2D eigenvalue weighted by Crippen LogP contribution is 2.19. The van der Waals surface area contributed by atoms with Crippen LogP contribution in [0.3, 0.4) is 0 Å². The van der Waals surface area contributed by atoms with Crippen LogP contribution >= 0.6 is 0 Å². The van der Waals surface area contributed by atoms with E-state index in [1.54, 1.807) is 0 Å². The van der Waals surface area contributed by atoms with Crippen LogP contribution in [0.25, 0.3) is 0 Å². The van der Waals surface area contributed by atoms with Crippen LogP contribution in [0.1, 0.15) is 60.8 Å². The molecule has 0 radical (unpaired) electrons. The number of ketones is 1. The summed E-state index contributed by atoms with van der Waals surface area (Å²) in [5.41, 5.74) is -0.477. The van der Waals surface area contributed by atoms with Crippen LogP contribution in [-0.4, -0.2) is 17.4 Å². The molecule has 1 atom stereocenters. The van der Waals surface area contributed by atoms with E-state index in [-0.39, 0.29) is 30.0 Å². The molecule has 0 amide bonds. The van der Waals surface area contributed by atoms with Crippen LogP contribution in [0, 0.1) is 11.8 Å². The van der Waals surface area contributed by atoms with E-state index in [4.69, 9.17) is 4.74 Å². The van der Waals surface area contributed by atoms with Gasteiger partial charge in [0.25, 0.3) is 0 Å². The maximum Gasteiger partial charge on any atom is 0.307 e. The van der Waals surface area contributed by atoms with Gasteiger partial charge in [-0.25, -0.2) is 0 Å². The standard InChI is InChI=1S/C14H26O3/c1-7-8-11(13(16)10(2)3)9-12(15)17-14(4,5)6/h10-11H,7-9H2,1-6H3. The molecule has 0 rings (SSSR count). The van der Waals surface area contributed by atoms with Crippen molar-refractivity contribution in [2.24, 2.45) is 11.8 Å². The summed E-state index contributed by atoms with van der Waals surface area (Å²) >= 11 is 0. The molecular weight excluding hydrogens is 216 g/mol. The van der Waals surface area contributed by atoms with Crippen LogP contribution in [0.4, 0.5) is 0 Å². The van der Waals surface area contributed by atoms with E-state index in [9.17, 15) is 9.59 Å². The molecule has 1 unspecified atom stereocenters. The summed E-state index contributed by atoms with van der Waals surface area (Å²) < 4.78 is 5.25. The predicted octanol–water partition coefficient (Wildman–Crippen LogP) is 3.36. The highest BCUT2D eigenvalue weighted by molar-refractivity contribution is 5.86. The first-order valence-electron chi connectivity index (χ1n) is 6.43. The maximum atomic E-state index is 11.9. The van der Waals surface area contributed by atoms with Crippen molar-refractivity contribution in [1.82, 2.24) is 0 Å². The van der Waals surface area contributed by atoms with E-state index < -0.39 is 5.60 Å². The smallest absolute Gasteiger partial charge is 0.307 e. The van der Waals surface area contributed by atoms with Crippen molar-refractivity contribution in [3.63, 3.8) is 0 Å². The third kappa shape index (κ3) is 7.14. The highest BCUT2D eigenvalue weighted by atomic mass is 16.6. The minimum Gasteiger partial charge on any atom is -0.460 e. The van der Waals surface area contributed by atoms with Gasteiger partial charge in [0.05, 0.1) is 6.42 Å². The molecule has 3 nitrogen and oxygen atoms in total. The second-order valence-corrected chi connectivity index (χ2v) is 5.83. The molecule has 0 aromatic heterocycles. The molecule has 0 aliphatic heterocycles. The molecule has 100 valence electrons. The molecule has 0 aliphatic carbocycles. The number of hydrogen-bond acceptors (Lipinski definition) is 3. The molecule has 0 fully saturated rings. The Balaban J connectivity index is 4.45. The number of carbonyl (C=O) groups is 2.